The van der Waals surface area contributed by atoms with Gasteiger partial charge in [0.05, 0.1) is 12.2 Å². The summed E-state index contributed by atoms with van der Waals surface area (Å²) in [7, 11) is 0. The Balaban J connectivity index is 1.76. The van der Waals surface area contributed by atoms with Gasteiger partial charge in [-0.15, -0.1) is 13.2 Å². The molecule has 0 radical (unpaired) electrons. The first-order valence-electron chi connectivity index (χ1n) is 7.76. The van der Waals surface area contributed by atoms with Crippen LogP contribution >= 0.6 is 0 Å². The summed E-state index contributed by atoms with van der Waals surface area (Å²) in [4.78, 5) is 13.8. The normalized spacial score (nSPS) is 21.5. The van der Waals surface area contributed by atoms with E-state index in [0.29, 0.717) is 26.1 Å². The quantitative estimate of drug-likeness (QED) is 0.912. The fraction of sp³-hybridized carbons (Fsp3) is 0.562. The molecule has 2 atom stereocenters. The highest BCUT2D eigenvalue weighted by atomic mass is 19.4. The van der Waals surface area contributed by atoms with Crippen molar-refractivity contribution in [1.29, 1.82) is 0 Å². The van der Waals surface area contributed by atoms with Crippen LogP contribution in [0.4, 0.5) is 18.0 Å². The van der Waals surface area contributed by atoms with Gasteiger partial charge in [0.2, 0.25) is 0 Å². The molecule has 1 saturated heterocycles. The van der Waals surface area contributed by atoms with E-state index in [1.165, 1.54) is 12.1 Å². The minimum Gasteiger partial charge on any atom is -0.406 e. The van der Waals surface area contributed by atoms with Crippen molar-refractivity contribution in [2.45, 2.75) is 38.8 Å². The van der Waals surface area contributed by atoms with Crippen molar-refractivity contribution in [2.24, 2.45) is 0 Å². The lowest BCUT2D eigenvalue weighted by atomic mass is 10.1. The molecular formula is C16H21F3N2O3. The van der Waals surface area contributed by atoms with Crippen molar-refractivity contribution in [3.63, 3.8) is 0 Å². The fourth-order valence-corrected chi connectivity index (χ4v) is 2.63. The maximum absolute atomic E-state index is 12.1. The number of alkyl halides is 3. The average molecular weight is 346 g/mol. The number of carbonyl (C=O) groups excluding carboxylic acids is 1. The molecule has 5 nitrogen and oxygen atoms in total. The molecule has 8 heteroatoms. The molecule has 1 heterocycles. The van der Waals surface area contributed by atoms with Gasteiger partial charge in [-0.25, -0.2) is 4.79 Å². The number of nitrogens with zero attached hydrogens (tertiary/aromatic N) is 1. The van der Waals surface area contributed by atoms with Gasteiger partial charge in [-0.05, 0) is 38.0 Å². The second kappa shape index (κ2) is 7.74. The number of hydrogen-bond acceptors (Lipinski definition) is 3. The van der Waals surface area contributed by atoms with Crippen LogP contribution in [0, 0.1) is 0 Å². The molecule has 1 N–H and O–H groups in total. The molecule has 0 spiro atoms. The summed E-state index contributed by atoms with van der Waals surface area (Å²) in [6, 6.07) is 5.46. The number of benzene rings is 1. The highest BCUT2D eigenvalue weighted by Gasteiger charge is 2.31. The first kappa shape index (κ1) is 18.4. The van der Waals surface area contributed by atoms with Crippen molar-refractivity contribution in [3.05, 3.63) is 29.8 Å². The summed E-state index contributed by atoms with van der Waals surface area (Å²) in [6.07, 6.45) is -4.17. The summed E-state index contributed by atoms with van der Waals surface area (Å²) in [5, 5.41) is 2.82. The summed E-state index contributed by atoms with van der Waals surface area (Å²) in [6.45, 7) is 5.32. The molecular weight excluding hydrogens is 325 g/mol. The van der Waals surface area contributed by atoms with Crippen LogP contribution in [-0.2, 0) is 11.2 Å². The lowest BCUT2D eigenvalue weighted by Gasteiger charge is -2.35. The Kier molecular flexibility index (Phi) is 5.93. The second-order valence-electron chi connectivity index (χ2n) is 5.84. The third-order valence-corrected chi connectivity index (χ3v) is 3.55. The van der Waals surface area contributed by atoms with E-state index >= 15 is 0 Å². The topological polar surface area (TPSA) is 50.8 Å². The Morgan fingerprint density at radius 1 is 1.25 bits per heavy atom. The van der Waals surface area contributed by atoms with Crippen molar-refractivity contribution in [3.8, 4) is 5.75 Å². The van der Waals surface area contributed by atoms with E-state index in [2.05, 4.69) is 10.1 Å². The average Bonchev–Trinajstić information content (AvgIpc) is 2.46. The predicted molar refractivity (Wildman–Crippen MR) is 81.8 cm³/mol. The smallest absolute Gasteiger partial charge is 0.406 e. The van der Waals surface area contributed by atoms with E-state index in [4.69, 9.17) is 4.74 Å². The number of hydrogen-bond donors (Lipinski definition) is 1. The molecule has 2 unspecified atom stereocenters. The number of rotatable bonds is 4. The minimum absolute atomic E-state index is 0.000627. The molecule has 2 rings (SSSR count). The van der Waals surface area contributed by atoms with Crippen LogP contribution in [0.3, 0.4) is 0 Å². The molecule has 2 amide bonds. The number of halogens is 3. The molecule has 1 fully saturated rings. The molecule has 1 aromatic carbocycles. The monoisotopic (exact) mass is 346 g/mol. The first-order chi connectivity index (χ1) is 11.2. The predicted octanol–water partition coefficient (Wildman–Crippen LogP) is 2.95. The van der Waals surface area contributed by atoms with Crippen LogP contribution in [-0.4, -0.2) is 49.1 Å². The minimum atomic E-state index is -4.69. The van der Waals surface area contributed by atoms with Gasteiger partial charge in [-0.2, -0.15) is 0 Å². The van der Waals surface area contributed by atoms with Gasteiger partial charge >= 0.3 is 12.4 Å². The fourth-order valence-electron chi connectivity index (χ4n) is 2.63. The largest absolute Gasteiger partial charge is 0.573 e. The van der Waals surface area contributed by atoms with Gasteiger partial charge in [0.25, 0.3) is 0 Å². The summed E-state index contributed by atoms with van der Waals surface area (Å²) < 4.78 is 45.6. The molecule has 0 saturated carbocycles. The van der Waals surface area contributed by atoms with E-state index in [0.717, 1.165) is 5.56 Å². The van der Waals surface area contributed by atoms with Crippen molar-refractivity contribution >= 4 is 6.03 Å². The van der Waals surface area contributed by atoms with Crippen molar-refractivity contribution in [2.75, 3.05) is 19.6 Å². The van der Waals surface area contributed by atoms with Gasteiger partial charge in [0.15, 0.2) is 0 Å². The third kappa shape index (κ3) is 5.92. The summed E-state index contributed by atoms with van der Waals surface area (Å²) in [5.41, 5.74) is 0.813. The zero-order valence-corrected chi connectivity index (χ0v) is 13.6. The molecule has 1 aromatic rings. The third-order valence-electron chi connectivity index (χ3n) is 3.55. The van der Waals surface area contributed by atoms with Crippen LogP contribution < -0.4 is 10.1 Å². The van der Waals surface area contributed by atoms with Crippen LogP contribution in [0.15, 0.2) is 24.3 Å². The van der Waals surface area contributed by atoms with Crippen molar-refractivity contribution < 1.29 is 27.4 Å². The van der Waals surface area contributed by atoms with Gasteiger partial charge < -0.3 is 19.7 Å². The zero-order valence-electron chi connectivity index (χ0n) is 13.6. The Morgan fingerprint density at radius 3 is 2.38 bits per heavy atom. The maximum atomic E-state index is 12.1. The van der Waals surface area contributed by atoms with Crippen molar-refractivity contribution in [1.82, 2.24) is 10.2 Å². The van der Waals surface area contributed by atoms with E-state index in [1.54, 1.807) is 17.0 Å². The molecule has 0 aromatic heterocycles. The van der Waals surface area contributed by atoms with E-state index < -0.39 is 6.36 Å². The Hall–Kier alpha value is -1.96. The SMILES string of the molecule is CC1CN(C(=O)NCCc2ccc(OC(F)(F)F)cc2)CC(C)O1. The van der Waals surface area contributed by atoms with Crippen LogP contribution in [0.1, 0.15) is 19.4 Å². The number of urea groups is 1. The van der Waals surface area contributed by atoms with Gasteiger partial charge in [0, 0.05) is 19.6 Å². The Morgan fingerprint density at radius 2 is 1.83 bits per heavy atom. The van der Waals surface area contributed by atoms with Crippen LogP contribution in [0.2, 0.25) is 0 Å². The highest BCUT2D eigenvalue weighted by molar-refractivity contribution is 5.74. The second-order valence-corrected chi connectivity index (χ2v) is 5.84. The maximum Gasteiger partial charge on any atom is 0.573 e. The lowest BCUT2D eigenvalue weighted by molar-refractivity contribution is -0.274. The molecule has 1 aliphatic rings. The number of nitrogens with one attached hydrogen (secondary N) is 1. The van der Waals surface area contributed by atoms with Gasteiger partial charge in [-0.1, -0.05) is 12.1 Å². The standard InChI is InChI=1S/C16H21F3N2O3/c1-11-9-21(10-12(2)23-11)15(22)20-8-7-13-3-5-14(6-4-13)24-16(17,18)19/h3-6,11-12H,7-10H2,1-2H3,(H,20,22). The van der Waals surface area contributed by atoms with Crippen LogP contribution in [0.25, 0.3) is 0 Å². The first-order valence-corrected chi connectivity index (χ1v) is 7.76. The molecule has 0 aliphatic carbocycles. The van der Waals surface area contributed by atoms with E-state index in [1.807, 2.05) is 13.8 Å². The molecule has 1 aliphatic heterocycles. The summed E-state index contributed by atoms with van der Waals surface area (Å²) >= 11 is 0. The Labute approximate surface area is 138 Å². The molecule has 0 bridgehead atoms. The number of carbonyl (C=O) groups is 1. The summed E-state index contributed by atoms with van der Waals surface area (Å²) in [5.74, 6) is -0.258. The van der Waals surface area contributed by atoms with Crippen LogP contribution in [0.5, 0.6) is 5.75 Å². The molecule has 24 heavy (non-hydrogen) atoms. The number of morpholine rings is 1. The lowest BCUT2D eigenvalue weighted by Crippen LogP contribution is -2.51. The van der Waals surface area contributed by atoms with E-state index in [-0.39, 0.29) is 24.0 Å². The molecule has 134 valence electrons. The highest BCUT2D eigenvalue weighted by Crippen LogP contribution is 2.22. The Bertz CT molecular complexity index is 538. The number of amides is 2. The zero-order chi connectivity index (χ0) is 17.7. The number of ether oxygens (including phenoxy) is 2. The van der Waals surface area contributed by atoms with E-state index in [9.17, 15) is 18.0 Å². The van der Waals surface area contributed by atoms with Gasteiger partial charge in [-0.3, -0.25) is 0 Å². The van der Waals surface area contributed by atoms with Gasteiger partial charge in [0.1, 0.15) is 5.75 Å².